The van der Waals surface area contributed by atoms with E-state index in [1.807, 2.05) is 6.07 Å². The van der Waals surface area contributed by atoms with Gasteiger partial charge in [-0.2, -0.15) is 0 Å². The van der Waals surface area contributed by atoms with Crippen molar-refractivity contribution in [2.75, 3.05) is 6.26 Å². The zero-order valence-electron chi connectivity index (χ0n) is 7.66. The number of primary sulfonamides is 1. The molecule has 0 aliphatic carbocycles. The van der Waals surface area contributed by atoms with Gasteiger partial charge in [-0.15, -0.1) is 0 Å². The monoisotopic (exact) mass is 217 g/mol. The van der Waals surface area contributed by atoms with Crippen molar-refractivity contribution in [3.8, 4) is 0 Å². The third-order valence-corrected chi connectivity index (χ3v) is 1.10. The number of hydrogen-bond acceptors (Lipinski definition) is 4. The second-order valence-corrected chi connectivity index (χ2v) is 4.27. The van der Waals surface area contributed by atoms with Crippen LogP contribution in [0.25, 0.3) is 0 Å². The Balaban J connectivity index is 0.000000292. The highest BCUT2D eigenvalue weighted by atomic mass is 32.2. The Morgan fingerprint density at radius 3 is 1.79 bits per heavy atom. The maximum Gasteiger partial charge on any atom is 0.488 e. The van der Waals surface area contributed by atoms with Gasteiger partial charge in [-0.3, -0.25) is 0 Å². The van der Waals surface area contributed by atoms with E-state index in [1.54, 1.807) is 24.3 Å². The van der Waals surface area contributed by atoms with E-state index in [9.17, 15) is 8.42 Å². The molecule has 7 heteroatoms. The van der Waals surface area contributed by atoms with Gasteiger partial charge in [0.25, 0.3) is 0 Å². The Hall–Kier alpha value is -0.885. The summed E-state index contributed by atoms with van der Waals surface area (Å²) in [4.78, 5) is 0. The van der Waals surface area contributed by atoms with Gasteiger partial charge in [0.2, 0.25) is 10.0 Å². The van der Waals surface area contributed by atoms with Crippen LogP contribution in [0.3, 0.4) is 0 Å². The molecule has 14 heavy (non-hydrogen) atoms. The van der Waals surface area contributed by atoms with Crippen molar-refractivity contribution < 1.29 is 18.5 Å². The molecule has 5 nitrogen and oxygen atoms in total. The maximum atomic E-state index is 9.41. The van der Waals surface area contributed by atoms with Gasteiger partial charge in [0.1, 0.15) is 0 Å². The smallest absolute Gasteiger partial charge is 0.423 e. The van der Waals surface area contributed by atoms with E-state index in [0.717, 1.165) is 6.26 Å². The van der Waals surface area contributed by atoms with Gasteiger partial charge in [0, 0.05) is 0 Å². The minimum absolute atomic E-state index is 0.525. The average molecular weight is 217 g/mol. The number of benzene rings is 1. The Kier molecular flexibility index (Phi) is 5.40. The molecule has 1 rings (SSSR count). The van der Waals surface area contributed by atoms with Crippen molar-refractivity contribution in [3.05, 3.63) is 30.3 Å². The van der Waals surface area contributed by atoms with Crippen molar-refractivity contribution in [1.29, 1.82) is 0 Å². The summed E-state index contributed by atoms with van der Waals surface area (Å²) in [6.07, 6.45) is 0.938. The van der Waals surface area contributed by atoms with Crippen LogP contribution in [0.2, 0.25) is 0 Å². The summed E-state index contributed by atoms with van der Waals surface area (Å²) in [7, 11) is -4.51. The van der Waals surface area contributed by atoms with Crippen LogP contribution in [0.4, 0.5) is 0 Å². The Morgan fingerprint density at radius 2 is 1.57 bits per heavy atom. The fourth-order valence-corrected chi connectivity index (χ4v) is 0.625. The summed E-state index contributed by atoms with van der Waals surface area (Å²) in [6.45, 7) is 0. The van der Waals surface area contributed by atoms with E-state index in [0.29, 0.717) is 5.46 Å². The lowest BCUT2D eigenvalue weighted by molar-refractivity contribution is 0.426. The summed E-state index contributed by atoms with van der Waals surface area (Å²) < 4.78 is 18.8. The molecule has 0 aliphatic rings. The molecule has 0 aromatic heterocycles. The van der Waals surface area contributed by atoms with Crippen LogP contribution in [-0.2, 0) is 10.0 Å². The molecule has 0 aliphatic heterocycles. The molecule has 0 saturated heterocycles. The lowest BCUT2D eigenvalue weighted by Crippen LogP contribution is -2.29. The number of sulfonamides is 1. The van der Waals surface area contributed by atoms with Crippen LogP contribution in [0.15, 0.2) is 30.3 Å². The van der Waals surface area contributed by atoms with E-state index in [2.05, 4.69) is 5.14 Å². The van der Waals surface area contributed by atoms with Crippen LogP contribution in [-0.4, -0.2) is 31.8 Å². The quantitative estimate of drug-likeness (QED) is 0.486. The molecule has 0 amide bonds. The maximum absolute atomic E-state index is 9.41. The van der Waals surface area contributed by atoms with Crippen molar-refractivity contribution in [1.82, 2.24) is 0 Å². The summed E-state index contributed by atoms with van der Waals surface area (Å²) in [5, 5.41) is 21.5. The van der Waals surface area contributed by atoms with E-state index in [1.165, 1.54) is 0 Å². The highest BCUT2D eigenvalue weighted by Crippen LogP contribution is 1.82. The van der Waals surface area contributed by atoms with Gasteiger partial charge in [-0.25, -0.2) is 13.6 Å². The largest absolute Gasteiger partial charge is 0.488 e. The lowest BCUT2D eigenvalue weighted by atomic mass is 9.81. The van der Waals surface area contributed by atoms with Gasteiger partial charge in [0.15, 0.2) is 0 Å². The predicted octanol–water partition coefficient (Wildman–Crippen LogP) is -1.73. The number of nitrogens with two attached hydrogens (primary N) is 1. The van der Waals surface area contributed by atoms with E-state index < -0.39 is 17.1 Å². The first kappa shape index (κ1) is 13.1. The van der Waals surface area contributed by atoms with Crippen molar-refractivity contribution in [2.45, 2.75) is 0 Å². The molecule has 0 spiro atoms. The molecule has 0 saturated carbocycles. The Morgan fingerprint density at radius 1 is 1.21 bits per heavy atom. The third-order valence-electron chi connectivity index (χ3n) is 1.10. The van der Waals surface area contributed by atoms with Crippen LogP contribution in [0.1, 0.15) is 0 Å². The van der Waals surface area contributed by atoms with Gasteiger partial charge in [0.05, 0.1) is 6.26 Å². The van der Waals surface area contributed by atoms with E-state index >= 15 is 0 Å². The molecule has 0 bridgehead atoms. The summed E-state index contributed by atoms with van der Waals surface area (Å²) in [5.41, 5.74) is 0.525. The first-order valence-corrected chi connectivity index (χ1v) is 5.65. The van der Waals surface area contributed by atoms with E-state index in [-0.39, 0.29) is 0 Å². The molecular weight excluding hydrogens is 205 g/mol. The first-order valence-electron chi connectivity index (χ1n) is 3.69. The van der Waals surface area contributed by atoms with Crippen molar-refractivity contribution in [3.63, 3.8) is 0 Å². The van der Waals surface area contributed by atoms with Crippen molar-refractivity contribution >= 4 is 22.6 Å². The first-order chi connectivity index (χ1) is 6.30. The minimum atomic E-state index is -3.17. The molecular formula is C7H12BNO4S. The molecule has 0 heterocycles. The SMILES string of the molecule is CS(N)(=O)=O.OB(O)c1ccccc1. The standard InChI is InChI=1S/C6H7BO2.CH5NO2S/c8-7(9)6-4-2-1-3-5-6;1-5(2,3)4/h1-5,8-9H;1H3,(H2,2,3,4). The second kappa shape index (κ2) is 5.76. The van der Waals surface area contributed by atoms with Crippen LogP contribution >= 0.6 is 0 Å². The number of hydrogen-bond donors (Lipinski definition) is 3. The summed E-state index contributed by atoms with van der Waals surface area (Å²) in [5.74, 6) is 0. The van der Waals surface area contributed by atoms with E-state index in [4.69, 9.17) is 10.0 Å². The molecule has 1 aromatic rings. The normalized spacial score (nSPS) is 10.0. The number of rotatable bonds is 1. The Labute approximate surface area is 83.4 Å². The summed E-state index contributed by atoms with van der Waals surface area (Å²) >= 11 is 0. The minimum Gasteiger partial charge on any atom is -0.423 e. The highest BCUT2D eigenvalue weighted by molar-refractivity contribution is 7.88. The van der Waals surface area contributed by atoms with Crippen LogP contribution in [0, 0.1) is 0 Å². The van der Waals surface area contributed by atoms with Crippen LogP contribution in [0.5, 0.6) is 0 Å². The zero-order chi connectivity index (χ0) is 11.2. The predicted molar refractivity (Wildman–Crippen MR) is 55.3 cm³/mol. The van der Waals surface area contributed by atoms with Gasteiger partial charge in [-0.1, -0.05) is 30.3 Å². The molecule has 0 radical (unpaired) electrons. The molecule has 0 atom stereocenters. The molecule has 1 aromatic carbocycles. The Bertz CT molecular complexity index is 343. The van der Waals surface area contributed by atoms with Crippen LogP contribution < -0.4 is 10.6 Å². The van der Waals surface area contributed by atoms with Gasteiger partial charge < -0.3 is 10.0 Å². The molecule has 0 fully saturated rings. The fourth-order valence-electron chi connectivity index (χ4n) is 0.625. The topological polar surface area (TPSA) is 101 Å². The highest BCUT2D eigenvalue weighted by Gasteiger charge is 2.07. The zero-order valence-corrected chi connectivity index (χ0v) is 8.48. The summed E-state index contributed by atoms with van der Waals surface area (Å²) in [6, 6.07) is 8.66. The average Bonchev–Trinajstić information content (AvgIpc) is 2.03. The van der Waals surface area contributed by atoms with Crippen molar-refractivity contribution in [2.24, 2.45) is 5.14 Å². The van der Waals surface area contributed by atoms with Gasteiger partial charge in [-0.05, 0) is 5.46 Å². The lowest BCUT2D eigenvalue weighted by Gasteiger charge is -1.94. The molecule has 4 N–H and O–H groups in total. The third kappa shape index (κ3) is 9.20. The fraction of sp³-hybridized carbons (Fsp3) is 0.143. The molecule has 0 unspecified atom stereocenters. The second-order valence-electron chi connectivity index (χ2n) is 2.61. The van der Waals surface area contributed by atoms with Gasteiger partial charge >= 0.3 is 7.12 Å². The molecule has 78 valence electrons.